The van der Waals surface area contributed by atoms with Crippen LogP contribution >= 0.6 is 11.3 Å². The number of thiazole rings is 1. The minimum Gasteiger partial charge on any atom is -0.338 e. The molecule has 0 aliphatic carbocycles. The first-order valence-corrected chi connectivity index (χ1v) is 10.6. The largest absolute Gasteiger partial charge is 0.338 e. The molecule has 0 atom stereocenters. The molecule has 1 aromatic carbocycles. The Morgan fingerprint density at radius 3 is 2.61 bits per heavy atom. The van der Waals surface area contributed by atoms with Crippen LogP contribution in [0.3, 0.4) is 0 Å². The first-order chi connectivity index (χ1) is 15.0. The minimum absolute atomic E-state index is 0.0706. The number of rotatable bonds is 6. The summed E-state index contributed by atoms with van der Waals surface area (Å²) in [4.78, 5) is 40.9. The highest BCUT2D eigenvalue weighted by atomic mass is 32.1. The molecule has 31 heavy (non-hydrogen) atoms. The van der Waals surface area contributed by atoms with Crippen molar-refractivity contribution < 1.29 is 9.59 Å². The quantitative estimate of drug-likeness (QED) is 0.475. The minimum atomic E-state index is -0.298. The summed E-state index contributed by atoms with van der Waals surface area (Å²) in [5, 5.41) is 5.97. The number of carbonyl (C=O) groups is 2. The van der Waals surface area contributed by atoms with E-state index in [0.29, 0.717) is 23.8 Å². The number of pyridine rings is 1. The van der Waals surface area contributed by atoms with E-state index in [0.717, 1.165) is 32.6 Å². The summed E-state index contributed by atoms with van der Waals surface area (Å²) in [6.07, 6.45) is 7.02. The van der Waals surface area contributed by atoms with Crippen LogP contribution in [0.15, 0.2) is 49.1 Å². The lowest BCUT2D eigenvalue weighted by Crippen LogP contribution is -2.28. The normalized spacial score (nSPS) is 10.8. The van der Waals surface area contributed by atoms with Gasteiger partial charge in [-0.3, -0.25) is 25.1 Å². The number of carbonyl (C=O) groups excluding carboxylic acids is 2. The number of aromatic nitrogens is 4. The fraction of sp³-hybridized carbons (Fsp3) is 0.182. The zero-order valence-corrected chi connectivity index (χ0v) is 17.9. The van der Waals surface area contributed by atoms with Gasteiger partial charge in [0.25, 0.3) is 0 Å². The molecule has 3 aromatic heterocycles. The molecule has 4 aromatic rings. The van der Waals surface area contributed by atoms with Gasteiger partial charge in [-0.1, -0.05) is 17.4 Å². The summed E-state index contributed by atoms with van der Waals surface area (Å²) in [7, 11) is 0. The van der Waals surface area contributed by atoms with Crippen molar-refractivity contribution >= 4 is 38.5 Å². The third-order valence-corrected chi connectivity index (χ3v) is 5.49. The third-order valence-electron chi connectivity index (χ3n) is 4.48. The number of nitrogens with zero attached hydrogens (tertiary/aromatic N) is 4. The molecule has 8 nitrogen and oxygen atoms in total. The van der Waals surface area contributed by atoms with Crippen LogP contribution in [0, 0.1) is 0 Å². The van der Waals surface area contributed by atoms with Crippen LogP contribution in [0.4, 0.5) is 9.93 Å². The predicted molar refractivity (Wildman–Crippen MR) is 121 cm³/mol. The van der Waals surface area contributed by atoms with Gasteiger partial charge in [0.15, 0.2) is 5.13 Å². The Bertz CT molecular complexity index is 1240. The van der Waals surface area contributed by atoms with Crippen molar-refractivity contribution in [3.8, 4) is 22.4 Å². The van der Waals surface area contributed by atoms with E-state index in [1.165, 1.54) is 11.3 Å². The standard InChI is InChI=1S/C22H20N6O2S/c1-3-24-21(30)28-22-27-18-10-15(14-4-5-16(26-11-14)8-13(2)29)9-17(20(18)31-22)19-12-23-6-7-25-19/h4-7,9-12H,3,8H2,1-2H3,(H2,24,27,28,30). The van der Waals surface area contributed by atoms with Crippen molar-refractivity contribution in [1.82, 2.24) is 25.3 Å². The lowest BCUT2D eigenvalue weighted by atomic mass is 10.0. The second-order valence-corrected chi connectivity index (χ2v) is 7.88. The first kappa shape index (κ1) is 20.5. The molecule has 0 bridgehead atoms. The smallest absolute Gasteiger partial charge is 0.321 e. The lowest BCUT2D eigenvalue weighted by molar-refractivity contribution is -0.116. The Hall–Kier alpha value is -3.72. The Kier molecular flexibility index (Phi) is 5.94. The Morgan fingerprint density at radius 2 is 1.94 bits per heavy atom. The molecule has 2 amide bonds. The van der Waals surface area contributed by atoms with E-state index in [-0.39, 0.29) is 11.8 Å². The molecule has 156 valence electrons. The highest BCUT2D eigenvalue weighted by Gasteiger charge is 2.15. The molecule has 0 aliphatic heterocycles. The number of Topliss-reactive ketones (excluding diaryl/α,β-unsaturated/α-hetero) is 1. The fourth-order valence-corrected chi connectivity index (χ4v) is 4.10. The van der Waals surface area contributed by atoms with E-state index < -0.39 is 0 Å². The van der Waals surface area contributed by atoms with Gasteiger partial charge in [-0.15, -0.1) is 0 Å². The van der Waals surface area contributed by atoms with Gasteiger partial charge in [-0.25, -0.2) is 9.78 Å². The van der Waals surface area contributed by atoms with E-state index in [9.17, 15) is 9.59 Å². The van der Waals surface area contributed by atoms with Crippen molar-refractivity contribution in [1.29, 1.82) is 0 Å². The van der Waals surface area contributed by atoms with E-state index in [1.807, 2.05) is 31.2 Å². The summed E-state index contributed by atoms with van der Waals surface area (Å²) in [6.45, 7) is 3.93. The second-order valence-electron chi connectivity index (χ2n) is 6.88. The van der Waals surface area contributed by atoms with Crippen LogP contribution in [-0.2, 0) is 11.2 Å². The van der Waals surface area contributed by atoms with Crippen LogP contribution < -0.4 is 10.6 Å². The van der Waals surface area contributed by atoms with E-state index in [4.69, 9.17) is 0 Å². The maximum atomic E-state index is 11.9. The Labute approximate surface area is 182 Å². The second kappa shape index (κ2) is 8.97. The van der Waals surface area contributed by atoms with Crippen LogP contribution in [0.2, 0.25) is 0 Å². The molecular formula is C22H20N6O2S. The lowest BCUT2D eigenvalue weighted by Gasteiger charge is -2.07. The number of ketones is 1. The number of hydrogen-bond donors (Lipinski definition) is 2. The molecule has 0 fully saturated rings. The molecular weight excluding hydrogens is 412 g/mol. The van der Waals surface area contributed by atoms with Gasteiger partial charge < -0.3 is 5.32 Å². The van der Waals surface area contributed by atoms with Gasteiger partial charge in [0.2, 0.25) is 0 Å². The number of anilines is 1. The molecule has 3 heterocycles. The van der Waals surface area contributed by atoms with Gasteiger partial charge in [0.1, 0.15) is 5.78 Å². The van der Waals surface area contributed by atoms with Crippen molar-refractivity contribution in [2.75, 3.05) is 11.9 Å². The molecule has 0 saturated carbocycles. The zero-order chi connectivity index (χ0) is 21.8. The monoisotopic (exact) mass is 432 g/mol. The van der Waals surface area contributed by atoms with Crippen LogP contribution in [0.25, 0.3) is 32.6 Å². The zero-order valence-electron chi connectivity index (χ0n) is 17.0. The topological polar surface area (TPSA) is 110 Å². The van der Waals surface area contributed by atoms with Gasteiger partial charge in [0, 0.05) is 48.4 Å². The number of urea groups is 1. The summed E-state index contributed by atoms with van der Waals surface area (Å²) >= 11 is 1.38. The molecule has 0 aliphatic rings. The molecule has 4 rings (SSSR count). The van der Waals surface area contributed by atoms with Crippen molar-refractivity contribution in [2.24, 2.45) is 0 Å². The summed E-state index contributed by atoms with van der Waals surface area (Å²) in [6, 6.07) is 7.46. The van der Waals surface area contributed by atoms with Gasteiger partial charge in [-0.05, 0) is 37.6 Å². The number of fused-ring (bicyclic) bond motifs is 1. The van der Waals surface area contributed by atoms with Gasteiger partial charge in [-0.2, -0.15) is 0 Å². The van der Waals surface area contributed by atoms with Gasteiger partial charge in [0.05, 0.1) is 22.1 Å². The fourth-order valence-electron chi connectivity index (χ4n) is 3.14. The Morgan fingerprint density at radius 1 is 1.06 bits per heavy atom. The summed E-state index contributed by atoms with van der Waals surface area (Å²) < 4.78 is 0.900. The molecule has 0 spiro atoms. The predicted octanol–water partition coefficient (Wildman–Crippen LogP) is 4.09. The number of benzene rings is 1. The van der Waals surface area contributed by atoms with E-state index in [2.05, 4.69) is 30.6 Å². The average Bonchev–Trinajstić information content (AvgIpc) is 3.16. The third kappa shape index (κ3) is 4.72. The van der Waals surface area contributed by atoms with E-state index in [1.54, 1.807) is 31.7 Å². The summed E-state index contributed by atoms with van der Waals surface area (Å²) in [5.74, 6) is 0.0706. The maximum Gasteiger partial charge on any atom is 0.321 e. The average molecular weight is 433 g/mol. The highest BCUT2D eigenvalue weighted by Crippen LogP contribution is 2.37. The summed E-state index contributed by atoms with van der Waals surface area (Å²) in [5.41, 5.74) is 4.85. The van der Waals surface area contributed by atoms with Crippen LogP contribution in [0.5, 0.6) is 0 Å². The van der Waals surface area contributed by atoms with Crippen LogP contribution in [-0.4, -0.2) is 38.3 Å². The number of amides is 2. The molecule has 2 N–H and O–H groups in total. The number of nitrogens with one attached hydrogen (secondary N) is 2. The maximum absolute atomic E-state index is 11.9. The van der Waals surface area contributed by atoms with Crippen LogP contribution in [0.1, 0.15) is 19.5 Å². The number of hydrogen-bond acceptors (Lipinski definition) is 7. The van der Waals surface area contributed by atoms with Crippen molar-refractivity contribution in [3.63, 3.8) is 0 Å². The molecule has 0 saturated heterocycles. The van der Waals surface area contributed by atoms with Crippen molar-refractivity contribution in [3.05, 3.63) is 54.7 Å². The van der Waals surface area contributed by atoms with Gasteiger partial charge >= 0.3 is 6.03 Å². The van der Waals surface area contributed by atoms with Crippen molar-refractivity contribution in [2.45, 2.75) is 20.3 Å². The highest BCUT2D eigenvalue weighted by molar-refractivity contribution is 7.22. The molecule has 0 unspecified atom stereocenters. The van der Waals surface area contributed by atoms with E-state index >= 15 is 0 Å². The SMILES string of the molecule is CCNC(=O)Nc1nc2cc(-c3ccc(CC(C)=O)nc3)cc(-c3cnccn3)c2s1. The Balaban J connectivity index is 1.79. The first-order valence-electron chi connectivity index (χ1n) is 9.74. The molecule has 9 heteroatoms. The molecule has 0 radical (unpaired) electrons.